The van der Waals surface area contributed by atoms with Crippen molar-refractivity contribution in [3.05, 3.63) is 53.2 Å². The fourth-order valence-electron chi connectivity index (χ4n) is 4.37. The van der Waals surface area contributed by atoms with Crippen molar-refractivity contribution in [2.45, 2.75) is 18.6 Å². The Morgan fingerprint density at radius 1 is 1.32 bits per heavy atom. The molecule has 2 amide bonds. The van der Waals surface area contributed by atoms with Crippen molar-refractivity contribution >= 4 is 38.3 Å². The standard InChI is InChI=1S/C22H27N3O2S/c1-4-19(26)25-10-5-6-14(12-25)15-7-8-16(22(23)27)21-20(15)17-13-28(2,3)11-9-18(17)24-21/h4,6-8,24H,1,5,9-13H2,2-3H3,(H2,23,27). The maximum absolute atomic E-state index is 12.1. The highest BCUT2D eigenvalue weighted by Gasteiger charge is 2.29. The largest absolute Gasteiger partial charge is 0.366 e. The second-order valence-electron chi connectivity index (χ2n) is 8.20. The lowest BCUT2D eigenvalue weighted by Gasteiger charge is -2.35. The van der Waals surface area contributed by atoms with Crippen LogP contribution in [0.3, 0.4) is 0 Å². The summed E-state index contributed by atoms with van der Waals surface area (Å²) in [6.45, 7) is 4.88. The average molecular weight is 398 g/mol. The molecular formula is C22H27N3O2S. The fraction of sp³-hybridized carbons (Fsp3) is 0.364. The van der Waals surface area contributed by atoms with Crippen LogP contribution >= 0.6 is 10.0 Å². The van der Waals surface area contributed by atoms with Crippen LogP contribution in [0, 0.1) is 0 Å². The van der Waals surface area contributed by atoms with Crippen molar-refractivity contribution < 1.29 is 9.59 Å². The molecule has 3 N–H and O–H groups in total. The number of primary amides is 1. The predicted octanol–water partition coefficient (Wildman–Crippen LogP) is 3.19. The lowest BCUT2D eigenvalue weighted by molar-refractivity contribution is -0.125. The second-order valence-corrected chi connectivity index (χ2v) is 12.4. The summed E-state index contributed by atoms with van der Waals surface area (Å²) in [5, 5.41) is 1.12. The molecule has 0 bridgehead atoms. The molecule has 6 heteroatoms. The summed E-state index contributed by atoms with van der Waals surface area (Å²) in [5.41, 5.74) is 11.8. The zero-order chi connectivity index (χ0) is 20.1. The number of amides is 2. The Kier molecular flexibility index (Phi) is 4.62. The van der Waals surface area contributed by atoms with Crippen molar-refractivity contribution in [2.75, 3.05) is 31.4 Å². The summed E-state index contributed by atoms with van der Waals surface area (Å²) in [5.74, 6) is 1.78. The molecular weight excluding hydrogens is 370 g/mol. The molecule has 0 aliphatic carbocycles. The van der Waals surface area contributed by atoms with Gasteiger partial charge < -0.3 is 15.6 Å². The zero-order valence-corrected chi connectivity index (χ0v) is 17.3. The first-order chi connectivity index (χ1) is 13.3. The van der Waals surface area contributed by atoms with E-state index in [2.05, 4.69) is 30.2 Å². The molecule has 0 saturated heterocycles. The predicted molar refractivity (Wildman–Crippen MR) is 118 cm³/mol. The monoisotopic (exact) mass is 397 g/mol. The number of aryl methyl sites for hydroxylation is 1. The van der Waals surface area contributed by atoms with Crippen LogP contribution in [0.25, 0.3) is 16.5 Å². The van der Waals surface area contributed by atoms with E-state index in [0.29, 0.717) is 18.7 Å². The summed E-state index contributed by atoms with van der Waals surface area (Å²) in [4.78, 5) is 29.5. The molecule has 1 aromatic heterocycles. The van der Waals surface area contributed by atoms with E-state index < -0.39 is 15.9 Å². The highest BCUT2D eigenvalue weighted by molar-refractivity contribution is 8.32. The number of H-pyrrole nitrogens is 1. The van der Waals surface area contributed by atoms with Gasteiger partial charge in [0.25, 0.3) is 5.91 Å². The molecule has 0 unspecified atom stereocenters. The molecule has 0 radical (unpaired) electrons. The number of benzene rings is 1. The third kappa shape index (κ3) is 3.15. The number of nitrogens with zero attached hydrogens (tertiary/aromatic N) is 1. The first-order valence-electron chi connectivity index (χ1n) is 9.56. The SMILES string of the molecule is C=CC(=O)N1CCC=C(c2ccc(C(N)=O)c3[nH]c4c(c23)CS(C)(C)CC4)C1. The molecule has 0 atom stereocenters. The van der Waals surface area contributed by atoms with Crippen LogP contribution in [0.1, 0.15) is 33.6 Å². The second kappa shape index (κ2) is 6.85. The van der Waals surface area contributed by atoms with Gasteiger partial charge in [-0.15, -0.1) is 0 Å². The van der Waals surface area contributed by atoms with E-state index >= 15 is 0 Å². The van der Waals surface area contributed by atoms with Crippen molar-refractivity contribution in [3.8, 4) is 0 Å². The number of rotatable bonds is 3. The van der Waals surface area contributed by atoms with E-state index in [4.69, 9.17) is 5.73 Å². The summed E-state index contributed by atoms with van der Waals surface area (Å²) in [6, 6.07) is 3.82. The first-order valence-corrected chi connectivity index (χ1v) is 12.3. The maximum Gasteiger partial charge on any atom is 0.250 e. The van der Waals surface area contributed by atoms with Crippen molar-refractivity contribution in [1.82, 2.24) is 9.88 Å². The average Bonchev–Trinajstić information content (AvgIpc) is 3.04. The van der Waals surface area contributed by atoms with Crippen LogP contribution < -0.4 is 5.73 Å². The van der Waals surface area contributed by atoms with Gasteiger partial charge in [0.15, 0.2) is 0 Å². The van der Waals surface area contributed by atoms with Crippen LogP contribution in [-0.4, -0.2) is 53.1 Å². The van der Waals surface area contributed by atoms with Gasteiger partial charge in [-0.3, -0.25) is 9.59 Å². The molecule has 28 heavy (non-hydrogen) atoms. The quantitative estimate of drug-likeness (QED) is 0.780. The number of carbonyl (C=O) groups excluding carboxylic acids is 2. The topological polar surface area (TPSA) is 79.2 Å². The number of fused-ring (bicyclic) bond motifs is 3. The highest BCUT2D eigenvalue weighted by Crippen LogP contribution is 2.50. The van der Waals surface area contributed by atoms with Crippen molar-refractivity contribution in [3.63, 3.8) is 0 Å². The molecule has 2 aliphatic rings. The molecule has 148 valence electrons. The lowest BCUT2D eigenvalue weighted by atomic mass is 9.93. The Morgan fingerprint density at radius 2 is 2.11 bits per heavy atom. The van der Waals surface area contributed by atoms with Gasteiger partial charge in [0.05, 0.1) is 11.1 Å². The highest BCUT2D eigenvalue weighted by atomic mass is 32.3. The zero-order valence-electron chi connectivity index (χ0n) is 16.5. The molecule has 5 nitrogen and oxygen atoms in total. The summed E-state index contributed by atoms with van der Waals surface area (Å²) in [6.07, 6.45) is 10.2. The summed E-state index contributed by atoms with van der Waals surface area (Å²) < 4.78 is 0. The van der Waals surface area contributed by atoms with E-state index in [1.807, 2.05) is 17.0 Å². The fourth-order valence-corrected chi connectivity index (χ4v) is 6.37. The van der Waals surface area contributed by atoms with E-state index in [0.717, 1.165) is 40.6 Å². The van der Waals surface area contributed by atoms with E-state index in [9.17, 15) is 9.59 Å². The molecule has 2 aliphatic heterocycles. The van der Waals surface area contributed by atoms with Crippen LogP contribution in [-0.2, 0) is 17.0 Å². The minimum absolute atomic E-state index is 0.0442. The Morgan fingerprint density at radius 3 is 2.82 bits per heavy atom. The number of nitrogens with one attached hydrogen (secondary N) is 1. The van der Waals surface area contributed by atoms with Gasteiger partial charge >= 0.3 is 0 Å². The third-order valence-electron chi connectivity index (χ3n) is 5.84. The van der Waals surface area contributed by atoms with Crippen molar-refractivity contribution in [2.24, 2.45) is 5.73 Å². The van der Waals surface area contributed by atoms with Gasteiger partial charge in [-0.25, -0.2) is 10.0 Å². The molecule has 0 fully saturated rings. The van der Waals surface area contributed by atoms with Crippen LogP contribution in [0.5, 0.6) is 0 Å². The smallest absolute Gasteiger partial charge is 0.250 e. The van der Waals surface area contributed by atoms with Gasteiger partial charge in [0.2, 0.25) is 5.91 Å². The molecule has 3 heterocycles. The number of hydrogen-bond acceptors (Lipinski definition) is 2. The normalized spacial score (nSPS) is 19.6. The van der Waals surface area contributed by atoms with E-state index in [1.165, 1.54) is 23.1 Å². The number of hydrogen-bond donors (Lipinski definition) is 2. The summed E-state index contributed by atoms with van der Waals surface area (Å²) in [7, 11) is -0.700. The van der Waals surface area contributed by atoms with Crippen molar-refractivity contribution in [1.29, 1.82) is 0 Å². The minimum Gasteiger partial charge on any atom is -0.366 e. The Labute approximate surface area is 167 Å². The van der Waals surface area contributed by atoms with Gasteiger partial charge in [-0.2, -0.15) is 0 Å². The van der Waals surface area contributed by atoms with Gasteiger partial charge in [-0.05, 0) is 59.9 Å². The van der Waals surface area contributed by atoms with Gasteiger partial charge in [0, 0.05) is 29.9 Å². The number of carbonyl (C=O) groups is 2. The first kappa shape index (κ1) is 18.9. The summed E-state index contributed by atoms with van der Waals surface area (Å²) >= 11 is 0. The van der Waals surface area contributed by atoms with Crippen LogP contribution in [0.4, 0.5) is 0 Å². The Hall–Kier alpha value is -2.47. The number of aromatic nitrogens is 1. The lowest BCUT2D eigenvalue weighted by Crippen LogP contribution is -2.34. The van der Waals surface area contributed by atoms with Crippen LogP contribution in [0.2, 0.25) is 0 Å². The Bertz CT molecular complexity index is 1030. The molecule has 2 aromatic rings. The number of nitrogens with two attached hydrogens (primary N) is 1. The molecule has 4 rings (SSSR count). The molecule has 1 aromatic carbocycles. The van der Waals surface area contributed by atoms with Gasteiger partial charge in [0.1, 0.15) is 0 Å². The number of aromatic amines is 1. The Balaban J connectivity index is 1.90. The minimum atomic E-state index is -0.700. The van der Waals surface area contributed by atoms with E-state index in [1.54, 1.807) is 0 Å². The molecule has 0 spiro atoms. The van der Waals surface area contributed by atoms with E-state index in [-0.39, 0.29) is 5.91 Å². The van der Waals surface area contributed by atoms with Gasteiger partial charge in [-0.1, -0.05) is 18.7 Å². The maximum atomic E-state index is 12.1. The molecule has 0 saturated carbocycles. The van der Waals surface area contributed by atoms with Crippen LogP contribution in [0.15, 0.2) is 30.9 Å². The third-order valence-corrected chi connectivity index (χ3v) is 8.22.